The molecule has 2 bridgehead atoms. The fourth-order valence-electron chi connectivity index (χ4n) is 3.43. The molecule has 0 amide bonds. The summed E-state index contributed by atoms with van der Waals surface area (Å²) in [6.45, 7) is 0. The first-order valence-corrected chi connectivity index (χ1v) is 8.77. The van der Waals surface area contributed by atoms with Crippen LogP contribution in [0.3, 0.4) is 0 Å². The van der Waals surface area contributed by atoms with Crippen molar-refractivity contribution in [3.05, 3.63) is 29.3 Å². The molecule has 1 N–H and O–H groups in total. The Morgan fingerprint density at radius 3 is 2.20 bits per heavy atom. The number of aliphatic hydroxyl groups is 1. The van der Waals surface area contributed by atoms with Gasteiger partial charge in [-0.1, -0.05) is 18.0 Å². The molecular weight excluding hydrogens is 298 g/mol. The molecule has 1 aromatic rings. The van der Waals surface area contributed by atoms with E-state index < -0.39 is 10.0 Å². The Kier molecular flexibility index (Phi) is 3.79. The van der Waals surface area contributed by atoms with E-state index in [2.05, 4.69) is 0 Å². The summed E-state index contributed by atoms with van der Waals surface area (Å²) in [6.07, 6.45) is 3.42. The highest BCUT2D eigenvalue weighted by Crippen LogP contribution is 2.38. The molecule has 2 heterocycles. The summed E-state index contributed by atoms with van der Waals surface area (Å²) in [4.78, 5) is 0.287. The Labute approximate surface area is 124 Å². The van der Waals surface area contributed by atoms with E-state index in [4.69, 9.17) is 11.6 Å². The van der Waals surface area contributed by atoms with Crippen molar-refractivity contribution in [3.63, 3.8) is 0 Å². The summed E-state index contributed by atoms with van der Waals surface area (Å²) in [5.41, 5.74) is 0. The van der Waals surface area contributed by atoms with Gasteiger partial charge in [0.2, 0.25) is 10.0 Å². The van der Waals surface area contributed by atoms with Crippen LogP contribution >= 0.6 is 11.6 Å². The van der Waals surface area contributed by atoms with Gasteiger partial charge in [0.25, 0.3) is 0 Å². The van der Waals surface area contributed by atoms with Gasteiger partial charge in [0.05, 0.1) is 11.0 Å². The normalized spacial score (nSPS) is 31.2. The third-order valence-corrected chi connectivity index (χ3v) is 6.54. The molecule has 2 saturated heterocycles. The molecule has 0 saturated carbocycles. The lowest BCUT2D eigenvalue weighted by Gasteiger charge is -2.46. The first kappa shape index (κ1) is 14.3. The molecule has 1 aromatic carbocycles. The van der Waals surface area contributed by atoms with Crippen LogP contribution in [-0.2, 0) is 10.0 Å². The average molecular weight is 316 g/mol. The molecule has 0 aliphatic carbocycles. The number of fused-ring (bicyclic) bond motifs is 2. The maximum Gasteiger partial charge on any atom is 0.243 e. The molecule has 20 heavy (non-hydrogen) atoms. The monoisotopic (exact) mass is 315 g/mol. The number of sulfonamides is 1. The molecule has 3 rings (SSSR count). The Morgan fingerprint density at radius 2 is 1.65 bits per heavy atom. The molecule has 4 nitrogen and oxygen atoms in total. The Balaban J connectivity index is 1.96. The highest BCUT2D eigenvalue weighted by molar-refractivity contribution is 7.89. The summed E-state index contributed by atoms with van der Waals surface area (Å²) < 4.78 is 27.3. The van der Waals surface area contributed by atoms with Crippen LogP contribution in [0, 0.1) is 0 Å². The largest absolute Gasteiger partial charge is 0.393 e. The molecule has 6 heteroatoms. The van der Waals surface area contributed by atoms with Crippen LogP contribution < -0.4 is 0 Å². The van der Waals surface area contributed by atoms with Crippen molar-refractivity contribution in [1.29, 1.82) is 0 Å². The highest BCUT2D eigenvalue weighted by atomic mass is 35.5. The SMILES string of the molecule is O=S(=O)(c1ccc(Cl)cc1)N1C2CCCC1CC(O)C2. The van der Waals surface area contributed by atoms with Gasteiger partial charge in [-0.3, -0.25) is 0 Å². The van der Waals surface area contributed by atoms with Crippen LogP contribution in [0.2, 0.25) is 5.02 Å². The number of benzene rings is 1. The van der Waals surface area contributed by atoms with Crippen molar-refractivity contribution in [3.8, 4) is 0 Å². The molecule has 2 atom stereocenters. The van der Waals surface area contributed by atoms with Gasteiger partial charge >= 0.3 is 0 Å². The summed E-state index contributed by atoms with van der Waals surface area (Å²) in [5.74, 6) is 0. The predicted octanol–water partition coefficient (Wildman–Crippen LogP) is 2.41. The van der Waals surface area contributed by atoms with Crippen LogP contribution in [0.4, 0.5) is 0 Å². The Hall–Kier alpha value is -0.620. The summed E-state index contributed by atoms with van der Waals surface area (Å²) >= 11 is 5.82. The smallest absolute Gasteiger partial charge is 0.243 e. The third-order valence-electron chi connectivity index (χ3n) is 4.27. The van der Waals surface area contributed by atoms with Crippen LogP contribution in [-0.4, -0.2) is 36.0 Å². The summed E-state index contributed by atoms with van der Waals surface area (Å²) in [5, 5.41) is 10.4. The van der Waals surface area contributed by atoms with E-state index in [0.717, 1.165) is 19.3 Å². The van der Waals surface area contributed by atoms with Gasteiger partial charge in [0.1, 0.15) is 0 Å². The lowest BCUT2D eigenvalue weighted by Crippen LogP contribution is -2.55. The Bertz CT molecular complexity index is 573. The quantitative estimate of drug-likeness (QED) is 0.911. The number of piperidine rings is 2. The molecule has 2 aliphatic rings. The van der Waals surface area contributed by atoms with Crippen molar-refractivity contribution in [2.45, 2.75) is 55.2 Å². The zero-order valence-electron chi connectivity index (χ0n) is 11.1. The van der Waals surface area contributed by atoms with E-state index in [9.17, 15) is 13.5 Å². The number of halogens is 1. The van der Waals surface area contributed by atoms with Gasteiger partial charge in [0, 0.05) is 17.1 Å². The molecule has 0 radical (unpaired) electrons. The molecule has 110 valence electrons. The van der Waals surface area contributed by atoms with E-state index in [1.807, 2.05) is 0 Å². The van der Waals surface area contributed by atoms with E-state index >= 15 is 0 Å². The third kappa shape index (κ3) is 2.48. The van der Waals surface area contributed by atoms with Gasteiger partial charge in [-0.15, -0.1) is 0 Å². The van der Waals surface area contributed by atoms with Gasteiger partial charge in [0.15, 0.2) is 0 Å². The number of nitrogens with zero attached hydrogens (tertiary/aromatic N) is 1. The molecule has 2 unspecified atom stereocenters. The minimum Gasteiger partial charge on any atom is -0.393 e. The maximum atomic E-state index is 12.8. The molecule has 0 aromatic heterocycles. The maximum absolute atomic E-state index is 12.8. The van der Waals surface area contributed by atoms with E-state index in [1.165, 1.54) is 0 Å². The predicted molar refractivity (Wildman–Crippen MR) is 77.1 cm³/mol. The van der Waals surface area contributed by atoms with Gasteiger partial charge < -0.3 is 5.11 Å². The van der Waals surface area contributed by atoms with Crippen LogP contribution in [0.15, 0.2) is 29.2 Å². The van der Waals surface area contributed by atoms with Crippen molar-refractivity contribution in [1.82, 2.24) is 4.31 Å². The molecule has 2 aliphatic heterocycles. The molecule has 2 fully saturated rings. The second kappa shape index (κ2) is 5.30. The fourth-order valence-corrected chi connectivity index (χ4v) is 5.45. The van der Waals surface area contributed by atoms with Crippen LogP contribution in [0.25, 0.3) is 0 Å². The molecule has 0 spiro atoms. The molecular formula is C14H18ClNO3S. The van der Waals surface area contributed by atoms with Crippen molar-refractivity contribution in [2.75, 3.05) is 0 Å². The first-order valence-electron chi connectivity index (χ1n) is 6.95. The number of hydrogen-bond donors (Lipinski definition) is 1. The van der Waals surface area contributed by atoms with Gasteiger partial charge in [-0.2, -0.15) is 4.31 Å². The number of aliphatic hydroxyl groups excluding tert-OH is 1. The van der Waals surface area contributed by atoms with Crippen LogP contribution in [0.5, 0.6) is 0 Å². The van der Waals surface area contributed by atoms with E-state index in [0.29, 0.717) is 17.9 Å². The second-order valence-electron chi connectivity index (χ2n) is 5.65. The fraction of sp³-hybridized carbons (Fsp3) is 0.571. The first-order chi connectivity index (χ1) is 9.48. The van der Waals surface area contributed by atoms with Crippen LogP contribution in [0.1, 0.15) is 32.1 Å². The summed E-state index contributed by atoms with van der Waals surface area (Å²) in [7, 11) is -3.50. The highest BCUT2D eigenvalue weighted by Gasteiger charge is 2.44. The number of rotatable bonds is 2. The minimum atomic E-state index is -3.50. The standard InChI is InChI=1S/C14H18ClNO3S/c15-10-4-6-14(7-5-10)20(18,19)16-11-2-1-3-12(16)9-13(17)8-11/h4-7,11-13,17H,1-3,8-9H2. The zero-order chi connectivity index (χ0) is 14.3. The summed E-state index contributed by atoms with van der Waals surface area (Å²) in [6, 6.07) is 6.17. The average Bonchev–Trinajstić information content (AvgIpc) is 2.37. The number of hydrogen-bond acceptors (Lipinski definition) is 3. The van der Waals surface area contributed by atoms with E-state index in [-0.39, 0.29) is 23.1 Å². The zero-order valence-corrected chi connectivity index (χ0v) is 12.6. The lowest BCUT2D eigenvalue weighted by molar-refractivity contribution is 0.0220. The van der Waals surface area contributed by atoms with Crippen molar-refractivity contribution < 1.29 is 13.5 Å². The van der Waals surface area contributed by atoms with Gasteiger partial charge in [-0.25, -0.2) is 8.42 Å². The second-order valence-corrected chi connectivity index (χ2v) is 7.93. The minimum absolute atomic E-state index is 0.0711. The van der Waals surface area contributed by atoms with Gasteiger partial charge in [-0.05, 0) is 49.9 Å². The Morgan fingerprint density at radius 1 is 1.10 bits per heavy atom. The van der Waals surface area contributed by atoms with Crippen molar-refractivity contribution >= 4 is 21.6 Å². The van der Waals surface area contributed by atoms with Crippen molar-refractivity contribution in [2.24, 2.45) is 0 Å². The topological polar surface area (TPSA) is 57.6 Å². The van der Waals surface area contributed by atoms with E-state index in [1.54, 1.807) is 28.6 Å². The lowest BCUT2D eigenvalue weighted by atomic mass is 9.85.